The Morgan fingerprint density at radius 1 is 1.00 bits per heavy atom. The summed E-state index contributed by atoms with van der Waals surface area (Å²) in [5.41, 5.74) is 3.13. The Kier molecular flexibility index (Phi) is 4.56. The third-order valence-electron chi connectivity index (χ3n) is 6.84. The lowest BCUT2D eigenvalue weighted by atomic mass is 9.85. The Morgan fingerprint density at radius 3 is 2.40 bits per heavy atom. The van der Waals surface area contributed by atoms with Crippen LogP contribution in [0.25, 0.3) is 0 Å². The van der Waals surface area contributed by atoms with E-state index in [1.54, 1.807) is 24.3 Å². The van der Waals surface area contributed by atoms with Crippen molar-refractivity contribution in [2.45, 2.75) is 38.8 Å². The van der Waals surface area contributed by atoms with Crippen molar-refractivity contribution in [3.05, 3.63) is 64.2 Å². The number of fused-ring (bicyclic) bond motifs is 3. The third kappa shape index (κ3) is 2.76. The fourth-order valence-electron chi connectivity index (χ4n) is 5.59. The van der Waals surface area contributed by atoms with Gasteiger partial charge < -0.3 is 0 Å². The van der Waals surface area contributed by atoms with Gasteiger partial charge in [-0.2, -0.15) is 0 Å². The van der Waals surface area contributed by atoms with Crippen molar-refractivity contribution in [1.82, 2.24) is 4.90 Å². The number of halogens is 1. The summed E-state index contributed by atoms with van der Waals surface area (Å²) < 4.78 is 0. The zero-order chi connectivity index (χ0) is 21.2. The molecule has 3 aliphatic rings. The van der Waals surface area contributed by atoms with Crippen LogP contribution >= 0.6 is 11.6 Å². The lowest BCUT2D eigenvalue weighted by Gasteiger charge is -2.28. The van der Waals surface area contributed by atoms with E-state index in [9.17, 15) is 14.4 Å². The fraction of sp³-hybridized carbons (Fsp3) is 0.375. The van der Waals surface area contributed by atoms with Gasteiger partial charge in [0.2, 0.25) is 11.8 Å². The predicted molar refractivity (Wildman–Crippen MR) is 115 cm³/mol. The fourth-order valence-corrected chi connectivity index (χ4v) is 5.72. The molecule has 0 radical (unpaired) electrons. The summed E-state index contributed by atoms with van der Waals surface area (Å²) in [6.45, 7) is 4.64. The van der Waals surface area contributed by atoms with Crippen LogP contribution in [0.15, 0.2) is 42.5 Å². The average Bonchev–Trinajstić information content (AvgIpc) is 3.35. The second-order valence-electron chi connectivity index (χ2n) is 8.62. The van der Waals surface area contributed by atoms with Crippen LogP contribution in [0, 0.1) is 25.7 Å². The van der Waals surface area contributed by atoms with E-state index >= 15 is 0 Å². The van der Waals surface area contributed by atoms with E-state index in [0.29, 0.717) is 16.3 Å². The molecule has 6 heteroatoms. The summed E-state index contributed by atoms with van der Waals surface area (Å²) in [6, 6.07) is 11.8. The molecule has 30 heavy (non-hydrogen) atoms. The minimum Gasteiger partial charge on any atom is -0.292 e. The number of imide groups is 1. The van der Waals surface area contributed by atoms with Crippen molar-refractivity contribution in [1.29, 1.82) is 0 Å². The smallest absolute Gasteiger partial charge is 0.239 e. The van der Waals surface area contributed by atoms with Crippen LogP contribution in [0.2, 0.25) is 5.02 Å². The van der Waals surface area contributed by atoms with Crippen LogP contribution in [-0.2, 0) is 9.59 Å². The number of anilines is 1. The van der Waals surface area contributed by atoms with E-state index < -0.39 is 17.9 Å². The quantitative estimate of drug-likeness (QED) is 0.557. The molecule has 154 valence electrons. The minimum atomic E-state index is -0.633. The number of amides is 2. The topological polar surface area (TPSA) is 57.7 Å². The standard InChI is InChI=1S/C24H23ClN2O3/c1-13-5-10-17(14(2)12-13)27-23(29)19-18-4-3-11-26(18)21(20(19)24(27)30)22(28)15-6-8-16(25)9-7-15/h5-10,12,18-21H,3-4,11H2,1-2H3/t18-,19-,20-,21-/m0/s1. The summed E-state index contributed by atoms with van der Waals surface area (Å²) in [6.07, 6.45) is 1.77. The maximum atomic E-state index is 13.6. The maximum Gasteiger partial charge on any atom is 0.239 e. The molecule has 3 saturated heterocycles. The largest absolute Gasteiger partial charge is 0.292 e. The van der Waals surface area contributed by atoms with Crippen LogP contribution in [0.4, 0.5) is 5.69 Å². The Bertz CT molecular complexity index is 1060. The zero-order valence-corrected chi connectivity index (χ0v) is 17.7. The molecular weight excluding hydrogens is 400 g/mol. The molecule has 0 aliphatic carbocycles. The van der Waals surface area contributed by atoms with E-state index in [1.807, 2.05) is 32.0 Å². The van der Waals surface area contributed by atoms with Crippen molar-refractivity contribution >= 4 is 34.9 Å². The summed E-state index contributed by atoms with van der Waals surface area (Å²) in [5, 5.41) is 0.558. The summed E-state index contributed by atoms with van der Waals surface area (Å²) in [4.78, 5) is 44.0. The predicted octanol–water partition coefficient (Wildman–Crippen LogP) is 3.79. The summed E-state index contributed by atoms with van der Waals surface area (Å²) >= 11 is 5.98. The van der Waals surface area contributed by atoms with Crippen molar-refractivity contribution in [3.8, 4) is 0 Å². The average molecular weight is 423 g/mol. The monoisotopic (exact) mass is 422 g/mol. The Balaban J connectivity index is 1.56. The van der Waals surface area contributed by atoms with Crippen LogP contribution in [0.5, 0.6) is 0 Å². The van der Waals surface area contributed by atoms with E-state index in [-0.39, 0.29) is 23.6 Å². The lowest BCUT2D eigenvalue weighted by Crippen LogP contribution is -2.46. The molecule has 3 heterocycles. The number of hydrogen-bond donors (Lipinski definition) is 0. The van der Waals surface area contributed by atoms with Crippen molar-refractivity contribution in [2.75, 3.05) is 11.4 Å². The first kappa shape index (κ1) is 19.5. The molecule has 0 N–H and O–H groups in total. The van der Waals surface area contributed by atoms with E-state index in [0.717, 1.165) is 30.5 Å². The van der Waals surface area contributed by atoms with Gasteiger partial charge in [0.25, 0.3) is 0 Å². The van der Waals surface area contributed by atoms with Gasteiger partial charge in [-0.15, -0.1) is 0 Å². The SMILES string of the molecule is Cc1ccc(N2C(=O)[C@@H]3[C@H](C2=O)[C@@H](C(=O)c2ccc(Cl)cc2)N2CCC[C@@H]32)c(C)c1. The zero-order valence-electron chi connectivity index (χ0n) is 17.0. The number of benzene rings is 2. The van der Waals surface area contributed by atoms with Crippen molar-refractivity contribution in [2.24, 2.45) is 11.8 Å². The molecule has 3 aliphatic heterocycles. The first-order valence-corrected chi connectivity index (χ1v) is 10.8. The molecule has 2 amide bonds. The van der Waals surface area contributed by atoms with Gasteiger partial charge in [0, 0.05) is 16.6 Å². The first-order valence-electron chi connectivity index (χ1n) is 10.4. The number of rotatable bonds is 3. The molecule has 2 aromatic carbocycles. The van der Waals surface area contributed by atoms with Crippen LogP contribution in [0.3, 0.4) is 0 Å². The van der Waals surface area contributed by atoms with Gasteiger partial charge >= 0.3 is 0 Å². The summed E-state index contributed by atoms with van der Waals surface area (Å²) in [7, 11) is 0. The molecule has 0 unspecified atom stereocenters. The van der Waals surface area contributed by atoms with Crippen LogP contribution in [-0.4, -0.2) is 41.1 Å². The van der Waals surface area contributed by atoms with Gasteiger partial charge in [0.15, 0.2) is 5.78 Å². The molecule has 3 fully saturated rings. The normalized spacial score (nSPS) is 28.2. The molecule has 5 nitrogen and oxygen atoms in total. The minimum absolute atomic E-state index is 0.0524. The number of carbonyl (C=O) groups is 3. The summed E-state index contributed by atoms with van der Waals surface area (Å²) in [5.74, 6) is -1.61. The molecule has 2 aromatic rings. The highest BCUT2D eigenvalue weighted by Crippen LogP contribution is 2.48. The number of Topliss-reactive ketones (excluding diaryl/α,β-unsaturated/α-hetero) is 1. The lowest BCUT2D eigenvalue weighted by molar-refractivity contribution is -0.123. The van der Waals surface area contributed by atoms with Crippen molar-refractivity contribution < 1.29 is 14.4 Å². The second-order valence-corrected chi connectivity index (χ2v) is 9.05. The molecule has 4 atom stereocenters. The number of hydrogen-bond acceptors (Lipinski definition) is 4. The van der Waals surface area contributed by atoms with Gasteiger partial charge in [0.05, 0.1) is 23.6 Å². The van der Waals surface area contributed by atoms with Gasteiger partial charge in [-0.3, -0.25) is 19.3 Å². The number of nitrogens with zero attached hydrogens (tertiary/aromatic N) is 2. The molecule has 0 spiro atoms. The third-order valence-corrected chi connectivity index (χ3v) is 7.09. The Morgan fingerprint density at radius 2 is 1.70 bits per heavy atom. The van der Waals surface area contributed by atoms with E-state index in [2.05, 4.69) is 4.90 Å². The van der Waals surface area contributed by atoms with Gasteiger partial charge in [0.1, 0.15) is 0 Å². The number of carbonyl (C=O) groups excluding carboxylic acids is 3. The molecule has 0 aromatic heterocycles. The van der Waals surface area contributed by atoms with Crippen LogP contribution in [0.1, 0.15) is 34.3 Å². The molecular formula is C24H23ClN2O3. The number of ketones is 1. The van der Waals surface area contributed by atoms with Crippen molar-refractivity contribution in [3.63, 3.8) is 0 Å². The van der Waals surface area contributed by atoms with Crippen LogP contribution < -0.4 is 4.90 Å². The van der Waals surface area contributed by atoms with E-state index in [4.69, 9.17) is 11.6 Å². The molecule has 5 rings (SSSR count). The maximum absolute atomic E-state index is 13.6. The number of aryl methyl sites for hydroxylation is 2. The Hall–Kier alpha value is -2.50. The highest BCUT2D eigenvalue weighted by Gasteiger charge is 2.64. The molecule has 0 saturated carbocycles. The van der Waals surface area contributed by atoms with Gasteiger partial charge in [-0.25, -0.2) is 4.90 Å². The first-order chi connectivity index (χ1) is 14.4. The van der Waals surface area contributed by atoms with Gasteiger partial charge in [-0.05, 0) is 69.1 Å². The second kappa shape index (κ2) is 7.03. The van der Waals surface area contributed by atoms with E-state index in [1.165, 1.54) is 4.90 Å². The Labute approximate surface area is 180 Å². The highest BCUT2D eigenvalue weighted by molar-refractivity contribution is 6.30. The highest BCUT2D eigenvalue weighted by atomic mass is 35.5. The molecule has 0 bridgehead atoms. The van der Waals surface area contributed by atoms with Gasteiger partial charge in [-0.1, -0.05) is 29.3 Å².